The van der Waals surface area contributed by atoms with Crippen LogP contribution in [0.4, 0.5) is 0 Å². The fourth-order valence-electron chi connectivity index (χ4n) is 1.74. The number of H-pyrrole nitrogens is 1. The van der Waals surface area contributed by atoms with Crippen LogP contribution >= 0.6 is 0 Å². The lowest BCUT2D eigenvalue weighted by Gasteiger charge is -2.03. The second kappa shape index (κ2) is 4.95. The third kappa shape index (κ3) is 2.81. The molecule has 88 valence electrons. The Labute approximate surface area is 101 Å². The van der Waals surface area contributed by atoms with E-state index in [4.69, 9.17) is 0 Å². The molecule has 0 radical (unpaired) electrons. The Hall–Kier alpha value is -1.90. The Morgan fingerprint density at radius 3 is 2.71 bits per heavy atom. The van der Waals surface area contributed by atoms with Gasteiger partial charge < -0.3 is 4.98 Å². The van der Waals surface area contributed by atoms with Gasteiger partial charge in [-0.25, -0.2) is 0 Å². The molecule has 17 heavy (non-hydrogen) atoms. The van der Waals surface area contributed by atoms with Crippen LogP contribution < -0.4 is 5.56 Å². The number of rotatable bonds is 3. The number of hydrogen-bond donors (Lipinski definition) is 1. The lowest BCUT2D eigenvalue weighted by atomic mass is 10.1. The van der Waals surface area contributed by atoms with Crippen LogP contribution in [0.1, 0.15) is 29.3 Å². The fourth-order valence-corrected chi connectivity index (χ4v) is 1.74. The Balaban J connectivity index is 2.19. The van der Waals surface area contributed by atoms with Crippen molar-refractivity contribution >= 4 is 0 Å². The van der Waals surface area contributed by atoms with Crippen LogP contribution in [0.15, 0.2) is 35.4 Å². The van der Waals surface area contributed by atoms with Gasteiger partial charge in [-0.15, -0.1) is 0 Å². The van der Waals surface area contributed by atoms with Crippen LogP contribution in [-0.2, 0) is 12.8 Å². The summed E-state index contributed by atoms with van der Waals surface area (Å²) in [6.45, 7) is 3.93. The van der Waals surface area contributed by atoms with E-state index in [1.165, 1.54) is 5.56 Å². The number of nitrogens with zero attached hydrogens (tertiary/aromatic N) is 1. The highest BCUT2D eigenvalue weighted by Gasteiger charge is 2.00. The second-order valence-corrected chi connectivity index (χ2v) is 4.21. The van der Waals surface area contributed by atoms with Crippen LogP contribution in [0.5, 0.6) is 0 Å². The number of hydrogen-bond acceptors (Lipinski definition) is 2. The predicted octanol–water partition coefficient (Wildman–Crippen LogP) is 2.23. The summed E-state index contributed by atoms with van der Waals surface area (Å²) in [6.07, 6.45) is 5.42. The summed E-state index contributed by atoms with van der Waals surface area (Å²) in [5, 5.41) is 0. The first kappa shape index (κ1) is 11.6. The minimum Gasteiger partial charge on any atom is -0.329 e. The zero-order chi connectivity index (χ0) is 12.3. The van der Waals surface area contributed by atoms with Gasteiger partial charge in [-0.1, -0.05) is 13.0 Å². The molecule has 0 atom stereocenters. The maximum absolute atomic E-state index is 11.2. The zero-order valence-electron chi connectivity index (χ0n) is 10.2. The van der Waals surface area contributed by atoms with E-state index in [2.05, 4.69) is 23.0 Å². The molecule has 0 bridgehead atoms. The van der Waals surface area contributed by atoms with Gasteiger partial charge in [0.1, 0.15) is 0 Å². The SMILES string of the molecule is CCc1ccc(Cc2c[nH]c(=O)c(C)c2)nc1. The number of nitrogens with one attached hydrogen (secondary N) is 1. The first-order valence-electron chi connectivity index (χ1n) is 5.81. The largest absolute Gasteiger partial charge is 0.329 e. The summed E-state index contributed by atoms with van der Waals surface area (Å²) in [4.78, 5) is 18.4. The van der Waals surface area contributed by atoms with Crippen LogP contribution in [0, 0.1) is 6.92 Å². The third-order valence-corrected chi connectivity index (χ3v) is 2.83. The van der Waals surface area contributed by atoms with E-state index < -0.39 is 0 Å². The lowest BCUT2D eigenvalue weighted by molar-refractivity contribution is 1.01. The molecule has 0 amide bonds. The molecule has 1 N–H and O–H groups in total. The van der Waals surface area contributed by atoms with Crippen molar-refractivity contribution in [3.8, 4) is 0 Å². The van der Waals surface area contributed by atoms with Crippen molar-refractivity contribution in [2.75, 3.05) is 0 Å². The summed E-state index contributed by atoms with van der Waals surface area (Å²) in [5.74, 6) is 0. The topological polar surface area (TPSA) is 45.8 Å². The Morgan fingerprint density at radius 2 is 2.12 bits per heavy atom. The lowest BCUT2D eigenvalue weighted by Crippen LogP contribution is -2.09. The molecule has 2 aromatic rings. The van der Waals surface area contributed by atoms with Gasteiger partial charge in [-0.2, -0.15) is 0 Å². The summed E-state index contributed by atoms with van der Waals surface area (Å²) >= 11 is 0. The van der Waals surface area contributed by atoms with Crippen molar-refractivity contribution in [3.63, 3.8) is 0 Å². The van der Waals surface area contributed by atoms with Crippen molar-refractivity contribution in [2.45, 2.75) is 26.7 Å². The van der Waals surface area contributed by atoms with Crippen LogP contribution in [0.25, 0.3) is 0 Å². The molecule has 0 aliphatic rings. The molecule has 0 unspecified atom stereocenters. The van der Waals surface area contributed by atoms with Gasteiger partial charge >= 0.3 is 0 Å². The Kier molecular flexibility index (Phi) is 3.38. The van der Waals surface area contributed by atoms with Crippen LogP contribution in [0.2, 0.25) is 0 Å². The number of aromatic amines is 1. The smallest absolute Gasteiger partial charge is 0.250 e. The van der Waals surface area contributed by atoms with Crippen molar-refractivity contribution in [1.82, 2.24) is 9.97 Å². The highest BCUT2D eigenvalue weighted by atomic mass is 16.1. The highest BCUT2D eigenvalue weighted by molar-refractivity contribution is 5.23. The molecule has 0 aliphatic carbocycles. The molecule has 0 aromatic carbocycles. The van der Waals surface area contributed by atoms with Crippen molar-refractivity contribution in [1.29, 1.82) is 0 Å². The van der Waals surface area contributed by atoms with E-state index in [-0.39, 0.29) is 5.56 Å². The first-order chi connectivity index (χ1) is 8.19. The second-order valence-electron chi connectivity index (χ2n) is 4.21. The molecule has 0 fully saturated rings. The Bertz CT molecular complexity index is 555. The molecule has 2 heterocycles. The van der Waals surface area contributed by atoms with Gasteiger partial charge in [-0.3, -0.25) is 9.78 Å². The highest BCUT2D eigenvalue weighted by Crippen LogP contribution is 2.07. The molecule has 2 rings (SSSR count). The van der Waals surface area contributed by atoms with Gasteiger partial charge in [-0.05, 0) is 36.6 Å². The maximum atomic E-state index is 11.2. The number of aromatic nitrogens is 2. The summed E-state index contributed by atoms with van der Waals surface area (Å²) < 4.78 is 0. The van der Waals surface area contributed by atoms with E-state index in [1.807, 2.05) is 25.3 Å². The summed E-state index contributed by atoms with van der Waals surface area (Å²) in [5.41, 5.74) is 4.06. The number of aryl methyl sites for hydroxylation is 2. The minimum absolute atomic E-state index is 0.0250. The molecule has 0 aliphatic heterocycles. The maximum Gasteiger partial charge on any atom is 0.250 e. The van der Waals surface area contributed by atoms with E-state index in [1.54, 1.807) is 6.20 Å². The van der Waals surface area contributed by atoms with Gasteiger partial charge in [0.25, 0.3) is 5.56 Å². The predicted molar refractivity (Wildman–Crippen MR) is 68.2 cm³/mol. The Morgan fingerprint density at radius 1 is 1.29 bits per heavy atom. The molecule has 3 heteroatoms. The molecule has 0 saturated carbocycles. The van der Waals surface area contributed by atoms with Gasteiger partial charge in [0, 0.05) is 30.1 Å². The third-order valence-electron chi connectivity index (χ3n) is 2.83. The average Bonchev–Trinajstić information content (AvgIpc) is 2.35. The molecular formula is C14H16N2O. The standard InChI is InChI=1S/C14H16N2O/c1-3-11-4-5-13(15-8-11)7-12-6-10(2)14(17)16-9-12/h4-6,8-9H,3,7H2,1-2H3,(H,16,17). The molecule has 0 saturated heterocycles. The van der Waals surface area contributed by atoms with Crippen LogP contribution in [0.3, 0.4) is 0 Å². The van der Waals surface area contributed by atoms with E-state index in [0.717, 1.165) is 29.7 Å². The van der Waals surface area contributed by atoms with E-state index >= 15 is 0 Å². The molecular weight excluding hydrogens is 212 g/mol. The van der Waals surface area contributed by atoms with Gasteiger partial charge in [0.05, 0.1) is 0 Å². The zero-order valence-corrected chi connectivity index (χ0v) is 10.2. The first-order valence-corrected chi connectivity index (χ1v) is 5.81. The van der Waals surface area contributed by atoms with Gasteiger partial charge in [0.2, 0.25) is 0 Å². The van der Waals surface area contributed by atoms with Crippen molar-refractivity contribution in [2.24, 2.45) is 0 Å². The average molecular weight is 228 g/mol. The van der Waals surface area contributed by atoms with Gasteiger partial charge in [0.15, 0.2) is 0 Å². The summed E-state index contributed by atoms with van der Waals surface area (Å²) in [6, 6.07) is 6.05. The minimum atomic E-state index is -0.0250. The van der Waals surface area contributed by atoms with Crippen LogP contribution in [-0.4, -0.2) is 9.97 Å². The summed E-state index contributed by atoms with van der Waals surface area (Å²) in [7, 11) is 0. The molecule has 0 spiro atoms. The monoisotopic (exact) mass is 228 g/mol. The fraction of sp³-hybridized carbons (Fsp3) is 0.286. The normalized spacial score (nSPS) is 10.5. The van der Waals surface area contributed by atoms with Crippen molar-refractivity contribution < 1.29 is 0 Å². The van der Waals surface area contributed by atoms with E-state index in [0.29, 0.717) is 0 Å². The molecule has 2 aromatic heterocycles. The van der Waals surface area contributed by atoms with E-state index in [9.17, 15) is 4.79 Å². The quantitative estimate of drug-likeness (QED) is 0.875. The molecule has 3 nitrogen and oxygen atoms in total. The van der Waals surface area contributed by atoms with Crippen molar-refractivity contribution in [3.05, 3.63) is 63.3 Å². The number of pyridine rings is 2.